The molecule has 5 heteroatoms. The van der Waals surface area contributed by atoms with Crippen molar-refractivity contribution in [2.45, 2.75) is 53.1 Å². The molecule has 1 atom stereocenters. The summed E-state index contributed by atoms with van der Waals surface area (Å²) in [6.07, 6.45) is 2.36. The summed E-state index contributed by atoms with van der Waals surface area (Å²) in [6, 6.07) is 0. The Balaban J connectivity index is 2.98. The zero-order valence-corrected chi connectivity index (χ0v) is 13.7. The predicted molar refractivity (Wildman–Crippen MR) is 78.2 cm³/mol. The van der Waals surface area contributed by atoms with Crippen molar-refractivity contribution in [3.05, 3.63) is 9.78 Å². The highest BCUT2D eigenvalue weighted by atomic mass is 127. The number of amides is 2. The van der Waals surface area contributed by atoms with Crippen LogP contribution in [0.25, 0.3) is 0 Å². The first-order chi connectivity index (χ1) is 8.09. The van der Waals surface area contributed by atoms with Gasteiger partial charge in [-0.15, -0.1) is 0 Å². The van der Waals surface area contributed by atoms with Crippen molar-refractivity contribution < 1.29 is 14.3 Å². The minimum atomic E-state index is -0.600. The molecule has 0 aromatic rings. The summed E-state index contributed by atoms with van der Waals surface area (Å²) in [7, 11) is 0. The van der Waals surface area contributed by atoms with E-state index in [1.807, 2.05) is 13.8 Å². The first-order valence-electron chi connectivity index (χ1n) is 6.02. The van der Waals surface area contributed by atoms with Gasteiger partial charge in [-0.25, -0.2) is 9.69 Å². The summed E-state index contributed by atoms with van der Waals surface area (Å²) in [6.45, 7) is 9.20. The van der Waals surface area contributed by atoms with Gasteiger partial charge in [-0.2, -0.15) is 0 Å². The summed E-state index contributed by atoms with van der Waals surface area (Å²) in [4.78, 5) is 25.4. The van der Waals surface area contributed by atoms with Gasteiger partial charge in [0.15, 0.2) is 0 Å². The highest BCUT2D eigenvalue weighted by Crippen LogP contribution is 2.38. The van der Waals surface area contributed by atoms with E-state index in [0.717, 1.165) is 8.48 Å². The second kappa shape index (κ2) is 5.19. The molecule has 18 heavy (non-hydrogen) atoms. The number of nitrogens with zero attached hydrogens (tertiary/aromatic N) is 1. The molecule has 0 bridgehead atoms. The summed E-state index contributed by atoms with van der Waals surface area (Å²) >= 11 is 2.16. The number of hydrogen-bond acceptors (Lipinski definition) is 3. The van der Waals surface area contributed by atoms with E-state index in [1.54, 1.807) is 27.0 Å². The van der Waals surface area contributed by atoms with Crippen LogP contribution < -0.4 is 0 Å². The fraction of sp³-hybridized carbons (Fsp3) is 0.692. The van der Waals surface area contributed by atoms with E-state index in [-0.39, 0.29) is 5.91 Å². The second-order valence-corrected chi connectivity index (χ2v) is 7.21. The zero-order chi connectivity index (χ0) is 14.1. The SMILES string of the molecule is CCC1(C)CC(I)=CN(C(=O)OC(C)(C)C)C1=O. The van der Waals surface area contributed by atoms with Crippen molar-refractivity contribution in [1.29, 1.82) is 0 Å². The number of carbonyl (C=O) groups is 2. The number of imide groups is 1. The van der Waals surface area contributed by atoms with Gasteiger partial charge in [0, 0.05) is 9.78 Å². The molecule has 4 nitrogen and oxygen atoms in total. The summed E-state index contributed by atoms with van der Waals surface area (Å²) < 4.78 is 6.24. The standard InChI is InChI=1S/C13H20INO3/c1-6-13(5)7-9(14)8-15(10(13)16)11(17)18-12(2,3)4/h8H,6-7H2,1-5H3. The quantitative estimate of drug-likeness (QED) is 0.664. The van der Waals surface area contributed by atoms with Gasteiger partial charge in [0.2, 0.25) is 5.91 Å². The van der Waals surface area contributed by atoms with Crippen molar-refractivity contribution in [3.63, 3.8) is 0 Å². The van der Waals surface area contributed by atoms with Gasteiger partial charge in [-0.1, -0.05) is 13.8 Å². The number of rotatable bonds is 1. The molecular weight excluding hydrogens is 345 g/mol. The molecule has 1 aliphatic rings. The lowest BCUT2D eigenvalue weighted by Crippen LogP contribution is -2.47. The molecule has 102 valence electrons. The topological polar surface area (TPSA) is 46.6 Å². The van der Waals surface area contributed by atoms with Crippen LogP contribution in [0.4, 0.5) is 4.79 Å². The molecule has 1 aliphatic heterocycles. The van der Waals surface area contributed by atoms with E-state index < -0.39 is 17.1 Å². The van der Waals surface area contributed by atoms with Crippen LogP contribution in [0.5, 0.6) is 0 Å². The van der Waals surface area contributed by atoms with Crippen molar-refractivity contribution in [1.82, 2.24) is 4.90 Å². The van der Waals surface area contributed by atoms with Gasteiger partial charge < -0.3 is 4.74 Å². The third-order valence-corrected chi connectivity index (χ3v) is 3.59. The van der Waals surface area contributed by atoms with Gasteiger partial charge >= 0.3 is 6.09 Å². The van der Waals surface area contributed by atoms with Gasteiger partial charge in [0.05, 0.1) is 5.41 Å². The van der Waals surface area contributed by atoms with E-state index in [1.165, 1.54) is 0 Å². The number of hydrogen-bond donors (Lipinski definition) is 0. The molecular formula is C13H20INO3. The second-order valence-electron chi connectivity index (χ2n) is 5.82. The average molecular weight is 365 g/mol. The van der Waals surface area contributed by atoms with E-state index in [0.29, 0.717) is 12.8 Å². The van der Waals surface area contributed by atoms with Crippen LogP contribution in [0, 0.1) is 5.41 Å². The molecule has 0 fully saturated rings. The van der Waals surface area contributed by atoms with Gasteiger partial charge in [0.1, 0.15) is 5.60 Å². The maximum absolute atomic E-state index is 12.3. The van der Waals surface area contributed by atoms with Crippen molar-refractivity contribution in [2.75, 3.05) is 0 Å². The van der Waals surface area contributed by atoms with Gasteiger partial charge in [-0.05, 0) is 56.2 Å². The fourth-order valence-electron chi connectivity index (χ4n) is 1.71. The smallest absolute Gasteiger partial charge is 0.421 e. The molecule has 2 amide bonds. The molecule has 0 aliphatic carbocycles. The fourth-order valence-corrected chi connectivity index (χ4v) is 2.83. The summed E-state index contributed by atoms with van der Waals surface area (Å²) in [5.41, 5.74) is -1.11. The van der Waals surface area contributed by atoms with Crippen molar-refractivity contribution >= 4 is 34.6 Å². The van der Waals surface area contributed by atoms with Crippen LogP contribution >= 0.6 is 22.6 Å². The Morgan fingerprint density at radius 3 is 2.56 bits per heavy atom. The number of halogens is 1. The monoisotopic (exact) mass is 365 g/mol. The third-order valence-electron chi connectivity index (χ3n) is 2.93. The first kappa shape index (κ1) is 15.5. The Kier molecular flexibility index (Phi) is 4.46. The molecule has 1 heterocycles. The van der Waals surface area contributed by atoms with Crippen molar-refractivity contribution in [2.24, 2.45) is 5.41 Å². The van der Waals surface area contributed by atoms with Gasteiger partial charge in [-0.3, -0.25) is 4.79 Å². The predicted octanol–water partition coefficient (Wildman–Crippen LogP) is 3.85. The van der Waals surface area contributed by atoms with E-state index >= 15 is 0 Å². The summed E-state index contributed by atoms with van der Waals surface area (Å²) in [5.74, 6) is -0.181. The maximum Gasteiger partial charge on any atom is 0.421 e. The van der Waals surface area contributed by atoms with Crippen LogP contribution in [0.2, 0.25) is 0 Å². The molecule has 0 spiro atoms. The molecule has 0 aromatic carbocycles. The Labute approximate surface area is 122 Å². The zero-order valence-electron chi connectivity index (χ0n) is 11.5. The number of ether oxygens (including phenoxy) is 1. The lowest BCUT2D eigenvalue weighted by molar-refractivity contribution is -0.138. The molecule has 0 aromatic heterocycles. The number of allylic oxidation sites excluding steroid dienone is 1. The number of carbonyl (C=O) groups excluding carboxylic acids is 2. The molecule has 1 rings (SSSR count). The minimum absolute atomic E-state index is 0.181. The van der Waals surface area contributed by atoms with Crippen LogP contribution in [0.3, 0.4) is 0 Å². The normalized spacial score (nSPS) is 24.9. The molecule has 1 unspecified atom stereocenters. The van der Waals surface area contributed by atoms with Crippen molar-refractivity contribution in [3.8, 4) is 0 Å². The Morgan fingerprint density at radius 1 is 1.56 bits per heavy atom. The van der Waals surface area contributed by atoms with Crippen LogP contribution in [-0.2, 0) is 9.53 Å². The van der Waals surface area contributed by atoms with Crippen LogP contribution in [0.1, 0.15) is 47.5 Å². The molecule has 0 N–H and O–H groups in total. The van der Waals surface area contributed by atoms with Gasteiger partial charge in [0.25, 0.3) is 0 Å². The maximum atomic E-state index is 12.3. The molecule has 0 saturated heterocycles. The third kappa shape index (κ3) is 3.46. The Hall–Kier alpha value is -0.590. The minimum Gasteiger partial charge on any atom is -0.443 e. The first-order valence-corrected chi connectivity index (χ1v) is 7.10. The van der Waals surface area contributed by atoms with Crippen LogP contribution in [-0.4, -0.2) is 22.5 Å². The average Bonchev–Trinajstić information content (AvgIpc) is 2.20. The summed E-state index contributed by atoms with van der Waals surface area (Å²) in [5, 5.41) is 0. The highest BCUT2D eigenvalue weighted by Gasteiger charge is 2.42. The Morgan fingerprint density at radius 2 is 2.11 bits per heavy atom. The largest absolute Gasteiger partial charge is 0.443 e. The van der Waals surface area contributed by atoms with E-state index in [9.17, 15) is 9.59 Å². The molecule has 0 saturated carbocycles. The van der Waals surface area contributed by atoms with E-state index in [4.69, 9.17) is 4.74 Å². The lowest BCUT2D eigenvalue weighted by atomic mass is 9.81. The van der Waals surface area contributed by atoms with E-state index in [2.05, 4.69) is 22.6 Å². The lowest BCUT2D eigenvalue weighted by Gasteiger charge is -2.36. The molecule has 0 radical (unpaired) electrons. The highest BCUT2D eigenvalue weighted by molar-refractivity contribution is 14.1. The Bertz CT molecular complexity index is 398. The van der Waals surface area contributed by atoms with Crippen LogP contribution in [0.15, 0.2) is 9.78 Å².